The SMILES string of the molecule is O=C(CN1C(=O)COc2c1cc(Cl)c1cccnc21)NC12CC3CC(CC(C3)C1)C2. The van der Waals surface area contributed by atoms with Crippen molar-refractivity contribution in [3.05, 3.63) is 29.4 Å². The largest absolute Gasteiger partial charge is 0.479 e. The van der Waals surface area contributed by atoms with Gasteiger partial charge in [-0.1, -0.05) is 11.6 Å². The molecule has 0 unspecified atom stereocenters. The van der Waals surface area contributed by atoms with Gasteiger partial charge in [0.25, 0.3) is 5.91 Å². The molecule has 7 rings (SSSR count). The van der Waals surface area contributed by atoms with Crippen LogP contribution in [-0.4, -0.2) is 35.5 Å². The van der Waals surface area contributed by atoms with Gasteiger partial charge in [0.1, 0.15) is 12.1 Å². The summed E-state index contributed by atoms with van der Waals surface area (Å²) < 4.78 is 5.71. The highest BCUT2D eigenvalue weighted by atomic mass is 35.5. The van der Waals surface area contributed by atoms with Crippen molar-refractivity contribution in [1.29, 1.82) is 0 Å². The van der Waals surface area contributed by atoms with Crippen LogP contribution in [0, 0.1) is 17.8 Å². The Balaban J connectivity index is 1.28. The van der Waals surface area contributed by atoms with E-state index < -0.39 is 0 Å². The molecule has 0 radical (unpaired) electrons. The summed E-state index contributed by atoms with van der Waals surface area (Å²) in [5.41, 5.74) is 1.05. The normalized spacial score (nSPS) is 31.6. The molecule has 4 bridgehead atoms. The fourth-order valence-electron chi connectivity index (χ4n) is 6.77. The topological polar surface area (TPSA) is 71.5 Å². The molecule has 0 atom stereocenters. The van der Waals surface area contributed by atoms with Crippen LogP contribution in [0.2, 0.25) is 5.02 Å². The third-order valence-electron chi connectivity index (χ3n) is 7.45. The third-order valence-corrected chi connectivity index (χ3v) is 7.77. The van der Waals surface area contributed by atoms with E-state index in [0.29, 0.717) is 22.0 Å². The summed E-state index contributed by atoms with van der Waals surface area (Å²) in [6.07, 6.45) is 8.88. The molecule has 0 spiro atoms. The lowest BCUT2D eigenvalue weighted by Gasteiger charge is -2.57. The molecule has 30 heavy (non-hydrogen) atoms. The average Bonchev–Trinajstić information content (AvgIpc) is 2.69. The van der Waals surface area contributed by atoms with Crippen molar-refractivity contribution in [1.82, 2.24) is 10.3 Å². The first-order valence-electron chi connectivity index (χ1n) is 10.8. The van der Waals surface area contributed by atoms with E-state index in [1.165, 1.54) is 24.2 Å². The van der Waals surface area contributed by atoms with Crippen molar-refractivity contribution in [2.45, 2.75) is 44.1 Å². The van der Waals surface area contributed by atoms with E-state index >= 15 is 0 Å². The van der Waals surface area contributed by atoms with Crippen molar-refractivity contribution in [3.8, 4) is 5.75 Å². The van der Waals surface area contributed by atoms with Crippen molar-refractivity contribution in [3.63, 3.8) is 0 Å². The standard InChI is InChI=1S/C23H24ClN3O3/c24-17-7-18-22(21-16(17)2-1-3-25-21)30-12-20(29)27(18)11-19(28)26-23-8-13-4-14(9-23)6-15(5-13)10-23/h1-3,7,13-15H,4-6,8-12H2,(H,26,28). The molecule has 156 valence electrons. The first kappa shape index (κ1) is 18.4. The van der Waals surface area contributed by atoms with Crippen LogP contribution in [0.3, 0.4) is 0 Å². The molecule has 1 N–H and O–H groups in total. The number of nitrogens with one attached hydrogen (secondary N) is 1. The van der Waals surface area contributed by atoms with E-state index in [1.54, 1.807) is 12.3 Å². The highest BCUT2D eigenvalue weighted by Crippen LogP contribution is 2.55. The summed E-state index contributed by atoms with van der Waals surface area (Å²) in [4.78, 5) is 31.7. The lowest BCUT2D eigenvalue weighted by Crippen LogP contribution is -2.61. The van der Waals surface area contributed by atoms with E-state index in [9.17, 15) is 9.59 Å². The summed E-state index contributed by atoms with van der Waals surface area (Å²) in [5.74, 6) is 2.41. The Kier molecular flexibility index (Phi) is 4.04. The second kappa shape index (κ2) is 6.58. The first-order valence-corrected chi connectivity index (χ1v) is 11.2. The van der Waals surface area contributed by atoms with Gasteiger partial charge in [-0.05, 0) is 74.5 Å². The summed E-state index contributed by atoms with van der Waals surface area (Å²) in [6, 6.07) is 5.38. The van der Waals surface area contributed by atoms with Gasteiger partial charge in [-0.2, -0.15) is 0 Å². The summed E-state index contributed by atoms with van der Waals surface area (Å²) in [6.45, 7) is -0.128. The monoisotopic (exact) mass is 425 g/mol. The summed E-state index contributed by atoms with van der Waals surface area (Å²) in [5, 5.41) is 4.61. The Labute approximate surface area is 179 Å². The summed E-state index contributed by atoms with van der Waals surface area (Å²) >= 11 is 6.45. The Morgan fingerprint density at radius 2 is 1.93 bits per heavy atom. The van der Waals surface area contributed by atoms with E-state index in [0.717, 1.165) is 42.4 Å². The predicted octanol–water partition coefficient (Wildman–Crippen LogP) is 3.70. The zero-order valence-corrected chi connectivity index (χ0v) is 17.5. The van der Waals surface area contributed by atoms with Crippen molar-refractivity contribution in [2.75, 3.05) is 18.1 Å². The molecule has 7 heteroatoms. The molecule has 1 aromatic heterocycles. The number of carbonyl (C=O) groups excluding carboxylic acids is 2. The number of amides is 2. The number of hydrogen-bond donors (Lipinski definition) is 1. The van der Waals surface area contributed by atoms with Crippen LogP contribution in [0.1, 0.15) is 38.5 Å². The van der Waals surface area contributed by atoms with Gasteiger partial charge in [0, 0.05) is 17.1 Å². The zero-order valence-electron chi connectivity index (χ0n) is 16.7. The molecular formula is C23H24ClN3O3. The molecule has 1 aromatic carbocycles. The number of benzene rings is 1. The number of fused-ring (bicyclic) bond motifs is 3. The minimum atomic E-state index is -0.241. The van der Waals surface area contributed by atoms with Crippen LogP contribution in [0.25, 0.3) is 10.9 Å². The number of rotatable bonds is 3. The smallest absolute Gasteiger partial charge is 0.265 e. The lowest BCUT2D eigenvalue weighted by atomic mass is 9.53. The number of ether oxygens (including phenoxy) is 1. The molecule has 2 amide bonds. The van der Waals surface area contributed by atoms with E-state index in [-0.39, 0.29) is 30.5 Å². The molecule has 0 saturated heterocycles. The van der Waals surface area contributed by atoms with Crippen molar-refractivity contribution < 1.29 is 14.3 Å². The molecular weight excluding hydrogens is 402 g/mol. The van der Waals surface area contributed by atoms with Gasteiger partial charge in [-0.25, -0.2) is 0 Å². The molecule has 5 aliphatic rings. The first-order chi connectivity index (χ1) is 14.5. The number of carbonyl (C=O) groups is 2. The molecule has 2 heterocycles. The predicted molar refractivity (Wildman–Crippen MR) is 114 cm³/mol. The highest BCUT2D eigenvalue weighted by Gasteiger charge is 2.51. The fourth-order valence-corrected chi connectivity index (χ4v) is 7.02. The second-order valence-electron chi connectivity index (χ2n) is 9.62. The summed E-state index contributed by atoms with van der Waals surface area (Å²) in [7, 11) is 0. The Morgan fingerprint density at radius 3 is 2.63 bits per heavy atom. The number of pyridine rings is 1. The second-order valence-corrected chi connectivity index (χ2v) is 10.0. The molecule has 6 nitrogen and oxygen atoms in total. The van der Waals surface area contributed by atoms with E-state index in [1.807, 2.05) is 12.1 Å². The van der Waals surface area contributed by atoms with E-state index in [2.05, 4.69) is 10.3 Å². The molecule has 4 aliphatic carbocycles. The number of hydrogen-bond acceptors (Lipinski definition) is 4. The van der Waals surface area contributed by atoms with Crippen molar-refractivity contribution >= 4 is 40.0 Å². The van der Waals surface area contributed by atoms with Gasteiger partial charge in [0.15, 0.2) is 12.4 Å². The highest BCUT2D eigenvalue weighted by molar-refractivity contribution is 6.36. The fraction of sp³-hybridized carbons (Fsp3) is 0.522. The molecule has 4 saturated carbocycles. The number of nitrogens with zero attached hydrogens (tertiary/aromatic N) is 2. The maximum absolute atomic E-state index is 13.1. The molecule has 4 fully saturated rings. The number of aromatic nitrogens is 1. The van der Waals surface area contributed by atoms with Crippen LogP contribution in [0.15, 0.2) is 24.4 Å². The van der Waals surface area contributed by atoms with Crippen LogP contribution >= 0.6 is 11.6 Å². The lowest BCUT2D eigenvalue weighted by molar-refractivity contribution is -0.128. The maximum atomic E-state index is 13.1. The number of anilines is 1. The Bertz CT molecular complexity index is 1030. The average molecular weight is 426 g/mol. The quantitative estimate of drug-likeness (QED) is 0.813. The van der Waals surface area contributed by atoms with Crippen LogP contribution in [-0.2, 0) is 9.59 Å². The van der Waals surface area contributed by atoms with Gasteiger partial charge < -0.3 is 10.1 Å². The van der Waals surface area contributed by atoms with Gasteiger partial charge in [-0.15, -0.1) is 0 Å². The minimum Gasteiger partial charge on any atom is -0.479 e. The molecule has 1 aliphatic heterocycles. The minimum absolute atomic E-state index is 0.0222. The van der Waals surface area contributed by atoms with Crippen LogP contribution in [0.5, 0.6) is 5.75 Å². The maximum Gasteiger partial charge on any atom is 0.265 e. The van der Waals surface area contributed by atoms with Crippen LogP contribution in [0.4, 0.5) is 5.69 Å². The third kappa shape index (κ3) is 2.88. The van der Waals surface area contributed by atoms with Gasteiger partial charge >= 0.3 is 0 Å². The molecule has 2 aromatic rings. The van der Waals surface area contributed by atoms with Gasteiger partial charge in [0.2, 0.25) is 5.91 Å². The Hall–Kier alpha value is -2.34. The van der Waals surface area contributed by atoms with Crippen molar-refractivity contribution in [2.24, 2.45) is 17.8 Å². The van der Waals surface area contributed by atoms with Gasteiger partial charge in [0.05, 0.1) is 10.7 Å². The number of halogens is 1. The van der Waals surface area contributed by atoms with Gasteiger partial charge in [-0.3, -0.25) is 19.5 Å². The van der Waals surface area contributed by atoms with E-state index in [4.69, 9.17) is 16.3 Å². The zero-order chi connectivity index (χ0) is 20.5. The van der Waals surface area contributed by atoms with Crippen LogP contribution < -0.4 is 15.0 Å². The Morgan fingerprint density at radius 1 is 1.23 bits per heavy atom.